The number of amides is 1. The molecular formula is C18H19Cl2N3O2S. The molecule has 0 saturated carbocycles. The van der Waals surface area contributed by atoms with Crippen molar-refractivity contribution in [2.75, 3.05) is 11.1 Å². The number of nitrogens with zero attached hydrogens (tertiary/aromatic N) is 2. The van der Waals surface area contributed by atoms with Crippen molar-refractivity contribution < 1.29 is 4.79 Å². The molecule has 1 aliphatic rings. The molecule has 0 aliphatic carbocycles. The standard InChI is InChI=1S/C18H19Cl2N3O2S/c1-18(2,3)13-8-15(25)23-10(9-26-17(23)22-13)7-14(24)21-12-6-4-5-11(19)16(12)20/h4-6,8,10H,7,9H2,1-3H3,(H,21,24). The molecule has 3 rings (SSSR count). The monoisotopic (exact) mass is 411 g/mol. The van der Waals surface area contributed by atoms with E-state index in [2.05, 4.69) is 10.3 Å². The molecule has 1 unspecified atom stereocenters. The summed E-state index contributed by atoms with van der Waals surface area (Å²) in [6.45, 7) is 6.06. The fourth-order valence-corrected chi connectivity index (χ4v) is 4.20. The van der Waals surface area contributed by atoms with Crippen molar-refractivity contribution in [3.8, 4) is 0 Å². The Hall–Kier alpha value is -1.50. The molecule has 5 nitrogen and oxygen atoms in total. The van der Waals surface area contributed by atoms with Crippen molar-refractivity contribution in [1.82, 2.24) is 9.55 Å². The average molecular weight is 412 g/mol. The van der Waals surface area contributed by atoms with Crippen LogP contribution in [0.5, 0.6) is 0 Å². The van der Waals surface area contributed by atoms with Gasteiger partial charge in [-0.15, -0.1) is 0 Å². The SMILES string of the molecule is CC(C)(C)c1cc(=O)n2c(n1)SCC2CC(=O)Nc1cccc(Cl)c1Cl. The van der Waals surface area contributed by atoms with Gasteiger partial charge in [0.05, 0.1) is 27.5 Å². The highest BCUT2D eigenvalue weighted by Gasteiger charge is 2.29. The van der Waals surface area contributed by atoms with Crippen LogP contribution in [0.1, 0.15) is 38.9 Å². The van der Waals surface area contributed by atoms with Gasteiger partial charge in [-0.25, -0.2) is 4.98 Å². The Morgan fingerprint density at radius 1 is 1.38 bits per heavy atom. The number of fused-ring (bicyclic) bond motifs is 1. The second-order valence-electron chi connectivity index (χ2n) is 7.20. The van der Waals surface area contributed by atoms with Gasteiger partial charge in [0.15, 0.2) is 5.16 Å². The largest absolute Gasteiger partial charge is 0.325 e. The summed E-state index contributed by atoms with van der Waals surface area (Å²) in [5, 5.41) is 4.11. The third-order valence-electron chi connectivity index (χ3n) is 4.10. The Kier molecular flexibility index (Phi) is 5.37. The molecule has 0 bridgehead atoms. The van der Waals surface area contributed by atoms with Gasteiger partial charge < -0.3 is 5.32 Å². The molecule has 1 aliphatic heterocycles. The molecule has 0 radical (unpaired) electrons. The van der Waals surface area contributed by atoms with Crippen LogP contribution in [-0.4, -0.2) is 21.2 Å². The number of halogens is 2. The van der Waals surface area contributed by atoms with Gasteiger partial charge in [-0.3, -0.25) is 14.2 Å². The van der Waals surface area contributed by atoms with Crippen molar-refractivity contribution in [2.45, 2.75) is 43.8 Å². The Morgan fingerprint density at radius 3 is 2.81 bits per heavy atom. The summed E-state index contributed by atoms with van der Waals surface area (Å²) >= 11 is 13.6. The van der Waals surface area contributed by atoms with E-state index in [1.54, 1.807) is 28.8 Å². The summed E-state index contributed by atoms with van der Waals surface area (Å²) in [4.78, 5) is 29.6. The molecule has 2 aromatic rings. The molecule has 138 valence electrons. The zero-order valence-corrected chi connectivity index (χ0v) is 17.0. The number of hydrogen-bond acceptors (Lipinski definition) is 4. The highest BCUT2D eigenvalue weighted by Crippen LogP contribution is 2.34. The van der Waals surface area contributed by atoms with Gasteiger partial charge in [-0.2, -0.15) is 0 Å². The number of rotatable bonds is 3. The molecule has 1 atom stereocenters. The minimum atomic E-state index is -0.234. The van der Waals surface area contributed by atoms with Gasteiger partial charge in [0.2, 0.25) is 5.91 Å². The van der Waals surface area contributed by atoms with Gasteiger partial charge >= 0.3 is 0 Å². The van der Waals surface area contributed by atoms with Crippen LogP contribution >= 0.6 is 35.0 Å². The quantitative estimate of drug-likeness (QED) is 0.753. The van der Waals surface area contributed by atoms with Gasteiger partial charge in [0, 0.05) is 23.7 Å². The highest BCUT2D eigenvalue weighted by atomic mass is 35.5. The zero-order valence-electron chi connectivity index (χ0n) is 14.7. The third kappa shape index (κ3) is 3.92. The lowest BCUT2D eigenvalue weighted by molar-refractivity contribution is -0.116. The number of carbonyl (C=O) groups excluding carboxylic acids is 1. The third-order valence-corrected chi connectivity index (χ3v) is 6.02. The molecule has 1 N–H and O–H groups in total. The van der Waals surface area contributed by atoms with E-state index < -0.39 is 0 Å². The van der Waals surface area contributed by atoms with Crippen LogP contribution in [0, 0.1) is 0 Å². The maximum absolute atomic E-state index is 12.6. The first-order valence-corrected chi connectivity index (χ1v) is 9.91. The maximum atomic E-state index is 12.6. The highest BCUT2D eigenvalue weighted by molar-refractivity contribution is 7.99. The minimum Gasteiger partial charge on any atom is -0.325 e. The summed E-state index contributed by atoms with van der Waals surface area (Å²) in [5.41, 5.74) is 0.901. The minimum absolute atomic E-state index is 0.122. The van der Waals surface area contributed by atoms with Crippen molar-refractivity contribution in [3.05, 3.63) is 50.4 Å². The van der Waals surface area contributed by atoms with E-state index >= 15 is 0 Å². The zero-order chi connectivity index (χ0) is 19.1. The summed E-state index contributed by atoms with van der Waals surface area (Å²) in [6.07, 6.45) is 0.166. The Labute approximate surface area is 166 Å². The molecule has 1 aromatic heterocycles. The van der Waals surface area contributed by atoms with Gasteiger partial charge in [-0.05, 0) is 12.1 Å². The number of carbonyl (C=O) groups is 1. The number of thioether (sulfide) groups is 1. The number of hydrogen-bond donors (Lipinski definition) is 1. The average Bonchev–Trinajstić information content (AvgIpc) is 2.94. The van der Waals surface area contributed by atoms with E-state index in [1.165, 1.54) is 11.8 Å². The van der Waals surface area contributed by atoms with Crippen LogP contribution in [0.25, 0.3) is 0 Å². The van der Waals surface area contributed by atoms with Crippen LogP contribution < -0.4 is 10.9 Å². The van der Waals surface area contributed by atoms with Crippen LogP contribution in [0.15, 0.2) is 34.2 Å². The van der Waals surface area contributed by atoms with Crippen LogP contribution in [-0.2, 0) is 10.2 Å². The second kappa shape index (κ2) is 7.25. The maximum Gasteiger partial charge on any atom is 0.254 e. The predicted molar refractivity (Wildman–Crippen MR) is 107 cm³/mol. The second-order valence-corrected chi connectivity index (χ2v) is 8.97. The molecule has 0 spiro atoms. The molecular weight excluding hydrogens is 393 g/mol. The Balaban J connectivity index is 1.79. The molecule has 0 fully saturated rings. The van der Waals surface area contributed by atoms with E-state index in [1.807, 2.05) is 20.8 Å². The first-order chi connectivity index (χ1) is 12.2. The molecule has 26 heavy (non-hydrogen) atoms. The fraction of sp³-hybridized carbons (Fsp3) is 0.389. The molecule has 1 amide bonds. The lowest BCUT2D eigenvalue weighted by Gasteiger charge is -2.19. The molecule has 8 heteroatoms. The van der Waals surface area contributed by atoms with Gasteiger partial charge in [-0.1, -0.05) is 61.8 Å². The summed E-state index contributed by atoms with van der Waals surface area (Å²) < 4.78 is 1.61. The Bertz CT molecular complexity index is 922. The number of nitrogens with one attached hydrogen (secondary N) is 1. The first-order valence-electron chi connectivity index (χ1n) is 8.17. The van der Waals surface area contributed by atoms with Crippen molar-refractivity contribution in [1.29, 1.82) is 0 Å². The number of benzene rings is 1. The van der Waals surface area contributed by atoms with Crippen molar-refractivity contribution in [3.63, 3.8) is 0 Å². The predicted octanol–water partition coefficient (Wildman–Crippen LogP) is 4.52. The van der Waals surface area contributed by atoms with E-state index in [0.29, 0.717) is 26.6 Å². The summed E-state index contributed by atoms with van der Waals surface area (Å²) in [6, 6.07) is 6.39. The fourth-order valence-electron chi connectivity index (χ4n) is 2.70. The molecule has 1 aromatic carbocycles. The smallest absolute Gasteiger partial charge is 0.254 e. The van der Waals surface area contributed by atoms with E-state index in [9.17, 15) is 9.59 Å². The van der Waals surface area contributed by atoms with Crippen molar-refractivity contribution in [2.24, 2.45) is 0 Å². The van der Waals surface area contributed by atoms with Crippen LogP contribution in [0.2, 0.25) is 10.0 Å². The molecule has 0 saturated heterocycles. The van der Waals surface area contributed by atoms with Crippen LogP contribution in [0.3, 0.4) is 0 Å². The van der Waals surface area contributed by atoms with Crippen molar-refractivity contribution >= 4 is 46.6 Å². The topological polar surface area (TPSA) is 64.0 Å². The first kappa shape index (κ1) is 19.3. The number of aromatic nitrogens is 2. The van der Waals surface area contributed by atoms with Gasteiger partial charge in [0.25, 0.3) is 5.56 Å². The lowest BCUT2D eigenvalue weighted by Crippen LogP contribution is -2.29. The number of anilines is 1. The normalized spacial score (nSPS) is 16.4. The summed E-state index contributed by atoms with van der Waals surface area (Å²) in [7, 11) is 0. The summed E-state index contributed by atoms with van der Waals surface area (Å²) in [5.74, 6) is 0.409. The van der Waals surface area contributed by atoms with E-state index in [4.69, 9.17) is 23.2 Å². The van der Waals surface area contributed by atoms with E-state index in [-0.39, 0.29) is 29.3 Å². The lowest BCUT2D eigenvalue weighted by atomic mass is 9.92. The molecule has 2 heterocycles. The van der Waals surface area contributed by atoms with Gasteiger partial charge in [0.1, 0.15) is 0 Å². The Morgan fingerprint density at radius 2 is 2.12 bits per heavy atom. The van der Waals surface area contributed by atoms with Crippen LogP contribution in [0.4, 0.5) is 5.69 Å². The van der Waals surface area contributed by atoms with E-state index in [0.717, 1.165) is 5.69 Å².